The van der Waals surface area contributed by atoms with Crippen molar-refractivity contribution in [3.8, 4) is 0 Å². The van der Waals surface area contributed by atoms with Crippen molar-refractivity contribution in [3.05, 3.63) is 17.3 Å². The molecule has 0 aliphatic carbocycles. The largest absolute Gasteiger partial charge is 0.394 e. The van der Waals surface area contributed by atoms with E-state index >= 15 is 0 Å². The zero-order valence-corrected chi connectivity index (χ0v) is 14.8. The van der Waals surface area contributed by atoms with Gasteiger partial charge in [0.1, 0.15) is 17.0 Å². The fourth-order valence-corrected chi connectivity index (χ4v) is 4.85. The summed E-state index contributed by atoms with van der Waals surface area (Å²) >= 11 is 1.72. The average Bonchev–Trinajstić information content (AvgIpc) is 3.26. The van der Waals surface area contributed by atoms with Crippen molar-refractivity contribution in [1.29, 1.82) is 0 Å². The standard InChI is InChI=1S/C17H24N4O2S/c1-2-13-6-14-15(19-11-20-16(14)24-13)18-8-17(9-22)10-23-7-12-4-3-5-21(12)17/h6,11-12,22H,2-5,7-10H2,1H3,(H,18,19,20)/t12-,17+/m0/s1. The number of aryl methyl sites for hydroxylation is 1. The fraction of sp³-hybridized carbons (Fsp3) is 0.647. The van der Waals surface area contributed by atoms with Gasteiger partial charge in [-0.2, -0.15) is 0 Å². The van der Waals surface area contributed by atoms with Crippen LogP contribution in [0.15, 0.2) is 12.4 Å². The third-order valence-corrected chi connectivity index (χ3v) is 6.46. The number of thiophene rings is 1. The zero-order valence-electron chi connectivity index (χ0n) is 14.0. The van der Waals surface area contributed by atoms with Crippen molar-refractivity contribution in [2.75, 3.05) is 38.2 Å². The molecule has 2 aromatic rings. The number of nitrogens with zero attached hydrogens (tertiary/aromatic N) is 3. The highest BCUT2D eigenvalue weighted by molar-refractivity contribution is 7.18. The minimum atomic E-state index is -0.361. The molecule has 2 N–H and O–H groups in total. The minimum absolute atomic E-state index is 0.0918. The molecule has 0 radical (unpaired) electrons. The highest BCUT2D eigenvalue weighted by Crippen LogP contribution is 2.33. The topological polar surface area (TPSA) is 70.5 Å². The molecule has 2 aliphatic rings. The van der Waals surface area contributed by atoms with Crippen LogP contribution < -0.4 is 5.32 Å². The molecular formula is C17H24N4O2S. The minimum Gasteiger partial charge on any atom is -0.394 e. The first-order valence-electron chi connectivity index (χ1n) is 8.68. The summed E-state index contributed by atoms with van der Waals surface area (Å²) in [7, 11) is 0. The van der Waals surface area contributed by atoms with Crippen LogP contribution in [0.5, 0.6) is 0 Å². The summed E-state index contributed by atoms with van der Waals surface area (Å²) in [5.74, 6) is 0.852. The lowest BCUT2D eigenvalue weighted by Crippen LogP contribution is -2.64. The summed E-state index contributed by atoms with van der Waals surface area (Å²) in [4.78, 5) is 13.6. The maximum atomic E-state index is 10.1. The number of ether oxygens (including phenoxy) is 1. The van der Waals surface area contributed by atoms with E-state index in [1.165, 1.54) is 11.3 Å². The van der Waals surface area contributed by atoms with E-state index in [0.29, 0.717) is 19.2 Å². The van der Waals surface area contributed by atoms with E-state index in [-0.39, 0.29) is 12.1 Å². The van der Waals surface area contributed by atoms with Gasteiger partial charge in [0.15, 0.2) is 0 Å². The van der Waals surface area contributed by atoms with Gasteiger partial charge in [-0.05, 0) is 31.9 Å². The van der Waals surface area contributed by atoms with Crippen molar-refractivity contribution >= 4 is 27.4 Å². The Morgan fingerprint density at radius 3 is 3.25 bits per heavy atom. The van der Waals surface area contributed by atoms with E-state index in [1.807, 2.05) is 0 Å². The first-order chi connectivity index (χ1) is 11.8. The zero-order chi connectivity index (χ0) is 16.6. The van der Waals surface area contributed by atoms with Crippen LogP contribution in [-0.4, -0.2) is 64.5 Å². The van der Waals surface area contributed by atoms with Gasteiger partial charge in [-0.1, -0.05) is 6.92 Å². The van der Waals surface area contributed by atoms with Crippen LogP contribution in [0.1, 0.15) is 24.6 Å². The summed E-state index contributed by atoms with van der Waals surface area (Å²) in [6.07, 6.45) is 4.95. The van der Waals surface area contributed by atoms with Gasteiger partial charge in [-0.25, -0.2) is 9.97 Å². The Kier molecular flexibility index (Phi) is 4.42. The van der Waals surface area contributed by atoms with Gasteiger partial charge in [0.05, 0.1) is 30.7 Å². The van der Waals surface area contributed by atoms with Crippen LogP contribution in [0.2, 0.25) is 0 Å². The molecule has 4 heterocycles. The second kappa shape index (κ2) is 6.55. The quantitative estimate of drug-likeness (QED) is 0.860. The predicted octanol–water partition coefficient (Wildman–Crippen LogP) is 1.89. The fourth-order valence-electron chi connectivity index (χ4n) is 3.92. The summed E-state index contributed by atoms with van der Waals surface area (Å²) in [5.41, 5.74) is -0.361. The molecule has 6 nitrogen and oxygen atoms in total. The summed E-state index contributed by atoms with van der Waals surface area (Å²) in [5, 5.41) is 14.7. The SMILES string of the molecule is CCc1cc2c(NC[C@@]3(CO)COC[C@@H]4CCCN43)ncnc2s1. The maximum Gasteiger partial charge on any atom is 0.138 e. The summed E-state index contributed by atoms with van der Waals surface area (Å²) < 4.78 is 5.82. The molecule has 0 spiro atoms. The number of fused-ring (bicyclic) bond motifs is 2. The van der Waals surface area contributed by atoms with E-state index in [1.54, 1.807) is 17.7 Å². The Balaban J connectivity index is 1.58. The van der Waals surface area contributed by atoms with Crippen molar-refractivity contribution in [2.24, 2.45) is 0 Å². The molecule has 2 aliphatic heterocycles. The Morgan fingerprint density at radius 2 is 2.42 bits per heavy atom. The van der Waals surface area contributed by atoms with E-state index in [0.717, 1.165) is 42.0 Å². The van der Waals surface area contributed by atoms with Crippen LogP contribution in [0.3, 0.4) is 0 Å². The van der Waals surface area contributed by atoms with Gasteiger partial charge in [0.2, 0.25) is 0 Å². The molecule has 0 saturated carbocycles. The van der Waals surface area contributed by atoms with E-state index in [9.17, 15) is 5.11 Å². The van der Waals surface area contributed by atoms with Gasteiger partial charge in [0.25, 0.3) is 0 Å². The molecule has 2 atom stereocenters. The van der Waals surface area contributed by atoms with Gasteiger partial charge >= 0.3 is 0 Å². The van der Waals surface area contributed by atoms with E-state index in [4.69, 9.17) is 4.74 Å². The number of aliphatic hydroxyl groups excluding tert-OH is 1. The van der Waals surface area contributed by atoms with Crippen molar-refractivity contribution in [1.82, 2.24) is 14.9 Å². The number of aliphatic hydroxyl groups is 1. The number of anilines is 1. The van der Waals surface area contributed by atoms with Crippen LogP contribution in [0.25, 0.3) is 10.2 Å². The molecule has 24 heavy (non-hydrogen) atoms. The van der Waals surface area contributed by atoms with Crippen molar-refractivity contribution < 1.29 is 9.84 Å². The number of hydrogen-bond donors (Lipinski definition) is 2. The van der Waals surface area contributed by atoms with Gasteiger partial charge in [-0.3, -0.25) is 4.90 Å². The molecule has 2 fully saturated rings. The highest BCUT2D eigenvalue weighted by atomic mass is 32.1. The first-order valence-corrected chi connectivity index (χ1v) is 9.50. The van der Waals surface area contributed by atoms with Crippen molar-refractivity contribution in [3.63, 3.8) is 0 Å². The van der Waals surface area contributed by atoms with Gasteiger partial charge in [0, 0.05) is 17.5 Å². The number of nitrogens with one attached hydrogen (secondary N) is 1. The molecule has 0 amide bonds. The van der Waals surface area contributed by atoms with Crippen LogP contribution in [-0.2, 0) is 11.2 Å². The number of aromatic nitrogens is 2. The number of morpholine rings is 1. The second-order valence-corrected chi connectivity index (χ2v) is 7.86. The first kappa shape index (κ1) is 16.2. The normalized spacial score (nSPS) is 27.5. The Hall–Kier alpha value is -1.28. The summed E-state index contributed by atoms with van der Waals surface area (Å²) in [6, 6.07) is 2.61. The molecule has 0 unspecified atom stereocenters. The lowest BCUT2D eigenvalue weighted by atomic mass is 9.96. The van der Waals surface area contributed by atoms with Crippen LogP contribution >= 0.6 is 11.3 Å². The monoisotopic (exact) mass is 348 g/mol. The molecule has 0 aromatic carbocycles. The molecule has 2 saturated heterocycles. The van der Waals surface area contributed by atoms with Gasteiger partial charge < -0.3 is 15.2 Å². The lowest BCUT2D eigenvalue weighted by molar-refractivity contribution is -0.101. The molecular weight excluding hydrogens is 324 g/mol. The van der Waals surface area contributed by atoms with Crippen molar-refractivity contribution in [2.45, 2.75) is 37.8 Å². The maximum absolute atomic E-state index is 10.1. The van der Waals surface area contributed by atoms with Gasteiger partial charge in [-0.15, -0.1) is 11.3 Å². The molecule has 4 rings (SSSR count). The summed E-state index contributed by atoms with van der Waals surface area (Å²) in [6.45, 7) is 5.25. The molecule has 7 heteroatoms. The Bertz CT molecular complexity index is 722. The van der Waals surface area contributed by atoms with Crippen LogP contribution in [0, 0.1) is 0 Å². The van der Waals surface area contributed by atoms with Crippen LogP contribution in [0.4, 0.5) is 5.82 Å². The predicted molar refractivity (Wildman–Crippen MR) is 95.6 cm³/mol. The van der Waals surface area contributed by atoms with E-state index in [2.05, 4.69) is 33.2 Å². The third kappa shape index (κ3) is 2.69. The number of rotatable bonds is 5. The second-order valence-electron chi connectivity index (χ2n) is 6.75. The average molecular weight is 348 g/mol. The highest BCUT2D eigenvalue weighted by Gasteiger charge is 2.46. The Labute approximate surface area is 145 Å². The Morgan fingerprint density at radius 1 is 1.50 bits per heavy atom. The third-order valence-electron chi connectivity index (χ3n) is 5.28. The molecule has 0 bridgehead atoms. The molecule has 130 valence electrons. The molecule has 2 aromatic heterocycles. The lowest BCUT2D eigenvalue weighted by Gasteiger charge is -2.47. The smallest absolute Gasteiger partial charge is 0.138 e. The van der Waals surface area contributed by atoms with E-state index < -0.39 is 0 Å². The number of hydrogen-bond acceptors (Lipinski definition) is 7.